The first kappa shape index (κ1) is 10.9. The molecular formula is C11H19N3S. The molecule has 0 bridgehead atoms. The Morgan fingerprint density at radius 3 is 3.00 bits per heavy atom. The van der Waals surface area contributed by atoms with Crippen molar-refractivity contribution in [2.75, 3.05) is 19.6 Å². The highest BCUT2D eigenvalue weighted by Crippen LogP contribution is 2.23. The number of hydrogen-bond donors (Lipinski definition) is 1. The van der Waals surface area contributed by atoms with Crippen molar-refractivity contribution in [3.05, 3.63) is 16.7 Å². The van der Waals surface area contributed by atoms with Gasteiger partial charge in [-0.3, -0.25) is 0 Å². The molecule has 2 rings (SSSR count). The Bertz CT molecular complexity index is 379. The largest absolute Gasteiger partial charge is 0.337 e. The fourth-order valence-electron chi connectivity index (χ4n) is 2.45. The van der Waals surface area contributed by atoms with Gasteiger partial charge in [0.25, 0.3) is 0 Å². The Kier molecular flexibility index (Phi) is 3.26. The van der Waals surface area contributed by atoms with Crippen LogP contribution in [0, 0.1) is 11.7 Å². The molecule has 0 spiro atoms. The lowest BCUT2D eigenvalue weighted by Crippen LogP contribution is -2.36. The summed E-state index contributed by atoms with van der Waals surface area (Å²) in [6.45, 7) is 7.88. The Morgan fingerprint density at radius 2 is 2.40 bits per heavy atom. The Morgan fingerprint density at radius 1 is 1.60 bits per heavy atom. The van der Waals surface area contributed by atoms with E-state index in [1.807, 2.05) is 6.20 Å². The smallest absolute Gasteiger partial charge is 0.177 e. The first-order valence-corrected chi connectivity index (χ1v) is 6.12. The van der Waals surface area contributed by atoms with Gasteiger partial charge in [-0.15, -0.1) is 0 Å². The minimum absolute atomic E-state index is 0.567. The fourth-order valence-corrected chi connectivity index (χ4v) is 2.80. The van der Waals surface area contributed by atoms with E-state index in [1.54, 1.807) is 0 Å². The number of H-pyrrole nitrogens is 1. The van der Waals surface area contributed by atoms with E-state index in [9.17, 15) is 0 Å². The van der Waals surface area contributed by atoms with E-state index >= 15 is 0 Å². The maximum Gasteiger partial charge on any atom is 0.177 e. The second-order valence-electron chi connectivity index (χ2n) is 4.29. The molecule has 0 radical (unpaired) electrons. The topological polar surface area (TPSA) is 24.0 Å². The van der Waals surface area contributed by atoms with Crippen LogP contribution in [0.3, 0.4) is 0 Å². The summed E-state index contributed by atoms with van der Waals surface area (Å²) in [7, 11) is 0. The monoisotopic (exact) mass is 225 g/mol. The highest BCUT2D eigenvalue weighted by Gasteiger charge is 2.21. The summed E-state index contributed by atoms with van der Waals surface area (Å²) in [6, 6.07) is 0.567. The summed E-state index contributed by atoms with van der Waals surface area (Å²) < 4.78 is 3.15. The van der Waals surface area contributed by atoms with Crippen LogP contribution >= 0.6 is 12.2 Å². The predicted octanol–water partition coefficient (Wildman–Crippen LogP) is 2.51. The standard InChI is InChI=1S/C11H19N3S/c1-3-13-6-4-5-10(8-13)14-9(2)7-12-11(14)15/h7,10H,3-6,8H2,1-2H3,(H,12,15). The number of nitrogens with one attached hydrogen (secondary N) is 1. The predicted molar refractivity (Wildman–Crippen MR) is 64.7 cm³/mol. The molecule has 84 valence electrons. The van der Waals surface area contributed by atoms with Gasteiger partial charge in [-0.05, 0) is 45.1 Å². The van der Waals surface area contributed by atoms with E-state index in [-0.39, 0.29) is 0 Å². The van der Waals surface area contributed by atoms with Crippen LogP contribution in [0.4, 0.5) is 0 Å². The first-order valence-electron chi connectivity index (χ1n) is 5.71. The summed E-state index contributed by atoms with van der Waals surface area (Å²) >= 11 is 5.32. The number of aromatic nitrogens is 2. The van der Waals surface area contributed by atoms with Crippen molar-refractivity contribution in [1.82, 2.24) is 14.5 Å². The first-order chi connectivity index (χ1) is 7.22. The summed E-state index contributed by atoms with van der Waals surface area (Å²) in [5.74, 6) is 0. The van der Waals surface area contributed by atoms with Gasteiger partial charge < -0.3 is 14.5 Å². The summed E-state index contributed by atoms with van der Waals surface area (Å²) in [5.41, 5.74) is 1.25. The van der Waals surface area contributed by atoms with Crippen molar-refractivity contribution in [2.45, 2.75) is 32.7 Å². The van der Waals surface area contributed by atoms with Gasteiger partial charge >= 0.3 is 0 Å². The van der Waals surface area contributed by atoms with Crippen LogP contribution in [0.5, 0.6) is 0 Å². The molecule has 1 saturated heterocycles. The number of piperidine rings is 1. The maximum atomic E-state index is 5.32. The van der Waals surface area contributed by atoms with Gasteiger partial charge in [0.15, 0.2) is 4.77 Å². The Hall–Kier alpha value is -0.610. The fraction of sp³-hybridized carbons (Fsp3) is 0.727. The van der Waals surface area contributed by atoms with Gasteiger partial charge in [0.05, 0.1) is 0 Å². The number of likely N-dealkylation sites (tertiary alicyclic amines) is 1. The van der Waals surface area contributed by atoms with Gasteiger partial charge in [0.2, 0.25) is 0 Å². The van der Waals surface area contributed by atoms with Crippen molar-refractivity contribution in [3.8, 4) is 0 Å². The van der Waals surface area contributed by atoms with Gasteiger partial charge in [0.1, 0.15) is 0 Å². The number of rotatable bonds is 2. The van der Waals surface area contributed by atoms with E-state index < -0.39 is 0 Å². The van der Waals surface area contributed by atoms with E-state index in [0.29, 0.717) is 6.04 Å². The summed E-state index contributed by atoms with van der Waals surface area (Å²) in [6.07, 6.45) is 4.54. The minimum Gasteiger partial charge on any atom is -0.337 e. The van der Waals surface area contributed by atoms with Crippen LogP contribution in [-0.4, -0.2) is 34.1 Å². The highest BCUT2D eigenvalue weighted by molar-refractivity contribution is 7.71. The normalized spacial score (nSPS) is 23.2. The number of aromatic amines is 1. The molecule has 1 aliphatic rings. The third-order valence-corrected chi connectivity index (χ3v) is 3.61. The zero-order valence-corrected chi connectivity index (χ0v) is 10.3. The number of imidazole rings is 1. The van der Waals surface area contributed by atoms with Crippen LogP contribution in [0.15, 0.2) is 6.20 Å². The molecule has 1 unspecified atom stereocenters. The van der Waals surface area contributed by atoms with Crippen LogP contribution in [-0.2, 0) is 0 Å². The number of aryl methyl sites for hydroxylation is 1. The van der Waals surface area contributed by atoms with Crippen LogP contribution < -0.4 is 0 Å². The molecule has 0 aromatic carbocycles. The third-order valence-electron chi connectivity index (χ3n) is 3.30. The Labute approximate surface area is 96.1 Å². The molecule has 1 fully saturated rings. The second-order valence-corrected chi connectivity index (χ2v) is 4.68. The lowest BCUT2D eigenvalue weighted by Gasteiger charge is -2.33. The van der Waals surface area contributed by atoms with Crippen molar-refractivity contribution < 1.29 is 0 Å². The molecule has 0 aliphatic carbocycles. The Balaban J connectivity index is 2.20. The average molecular weight is 225 g/mol. The quantitative estimate of drug-likeness (QED) is 0.782. The highest BCUT2D eigenvalue weighted by atomic mass is 32.1. The van der Waals surface area contributed by atoms with Crippen LogP contribution in [0.1, 0.15) is 31.5 Å². The molecule has 2 heterocycles. The van der Waals surface area contributed by atoms with Crippen LogP contribution in [0.2, 0.25) is 0 Å². The van der Waals surface area contributed by atoms with Crippen LogP contribution in [0.25, 0.3) is 0 Å². The van der Waals surface area contributed by atoms with E-state index in [0.717, 1.165) is 17.9 Å². The van der Waals surface area contributed by atoms with E-state index in [2.05, 4.69) is 28.3 Å². The molecule has 1 atom stereocenters. The van der Waals surface area contributed by atoms with Gasteiger partial charge in [0, 0.05) is 24.5 Å². The van der Waals surface area contributed by atoms with Gasteiger partial charge in [-0.1, -0.05) is 6.92 Å². The lowest BCUT2D eigenvalue weighted by atomic mass is 10.1. The number of nitrogens with zero attached hydrogens (tertiary/aromatic N) is 2. The zero-order valence-electron chi connectivity index (χ0n) is 9.49. The maximum absolute atomic E-state index is 5.32. The molecule has 1 aliphatic heterocycles. The molecule has 1 aromatic rings. The molecule has 1 aromatic heterocycles. The molecule has 0 amide bonds. The SMILES string of the molecule is CCN1CCCC(n2c(C)c[nH]c2=S)C1. The van der Waals surface area contributed by atoms with Gasteiger partial charge in [-0.2, -0.15) is 0 Å². The summed E-state index contributed by atoms with van der Waals surface area (Å²) in [4.78, 5) is 5.63. The van der Waals surface area contributed by atoms with Gasteiger partial charge in [-0.25, -0.2) is 0 Å². The van der Waals surface area contributed by atoms with E-state index in [1.165, 1.54) is 25.1 Å². The number of likely N-dealkylation sites (N-methyl/N-ethyl adjacent to an activating group) is 1. The average Bonchev–Trinajstić information content (AvgIpc) is 2.59. The molecule has 3 nitrogen and oxygen atoms in total. The number of hydrogen-bond acceptors (Lipinski definition) is 2. The zero-order chi connectivity index (χ0) is 10.8. The molecule has 15 heavy (non-hydrogen) atoms. The van der Waals surface area contributed by atoms with Crippen molar-refractivity contribution >= 4 is 12.2 Å². The lowest BCUT2D eigenvalue weighted by molar-refractivity contribution is 0.183. The second kappa shape index (κ2) is 4.49. The van der Waals surface area contributed by atoms with Crippen molar-refractivity contribution in [3.63, 3.8) is 0 Å². The van der Waals surface area contributed by atoms with E-state index in [4.69, 9.17) is 12.2 Å². The molecule has 0 saturated carbocycles. The van der Waals surface area contributed by atoms with Crippen molar-refractivity contribution in [2.24, 2.45) is 0 Å². The molecule has 4 heteroatoms. The third kappa shape index (κ3) is 2.16. The minimum atomic E-state index is 0.567. The summed E-state index contributed by atoms with van der Waals surface area (Å²) in [5, 5.41) is 0. The molecule has 1 N–H and O–H groups in total. The van der Waals surface area contributed by atoms with Crippen molar-refractivity contribution in [1.29, 1.82) is 0 Å². The molecular weight excluding hydrogens is 206 g/mol.